The van der Waals surface area contributed by atoms with E-state index in [2.05, 4.69) is 77.9 Å². The summed E-state index contributed by atoms with van der Waals surface area (Å²) >= 11 is 39.3. The fourth-order valence-corrected chi connectivity index (χ4v) is 34.4. The number of rotatable bonds is 19. The van der Waals surface area contributed by atoms with Gasteiger partial charge in [-0.05, 0) is 142 Å². The summed E-state index contributed by atoms with van der Waals surface area (Å²) < 4.78 is 24.1. The number of anilines is 1. The number of nitro groups is 3. The molecular formula is C61H57BBr2Cl4IN7O8S7Sn. The molecule has 31 heteroatoms. The van der Waals surface area contributed by atoms with Crippen molar-refractivity contribution in [1.29, 1.82) is 0 Å². The average molecular weight is 1800 g/mol. The zero-order valence-corrected chi connectivity index (χ0v) is 66.0. The van der Waals surface area contributed by atoms with Gasteiger partial charge in [-0.15, -0.1) is 45.3 Å². The molecule has 0 spiro atoms. The molecule has 0 bridgehead atoms. The molecule has 0 amide bonds. The summed E-state index contributed by atoms with van der Waals surface area (Å²) in [7, 11) is -1.39. The normalized spacial score (nSPS) is 10.7. The van der Waals surface area contributed by atoms with Crippen molar-refractivity contribution in [3.8, 4) is 52.2 Å². The third-order valence-electron chi connectivity index (χ3n) is 13.3. The third kappa shape index (κ3) is 23.8. The van der Waals surface area contributed by atoms with E-state index < -0.39 is 35.3 Å². The van der Waals surface area contributed by atoms with E-state index in [1.54, 1.807) is 101 Å². The molecule has 11 rings (SSSR count). The van der Waals surface area contributed by atoms with Crippen molar-refractivity contribution in [3.63, 3.8) is 0 Å². The molecule has 15 nitrogen and oxygen atoms in total. The smallest absolute Gasteiger partial charge is 0.423 e. The second-order valence-corrected chi connectivity index (χ2v) is 46.2. The van der Waals surface area contributed by atoms with Crippen molar-refractivity contribution < 1.29 is 24.8 Å². The van der Waals surface area contributed by atoms with Gasteiger partial charge in [-0.25, -0.2) is 8.75 Å². The second kappa shape index (κ2) is 39.4. The van der Waals surface area contributed by atoms with E-state index in [-0.39, 0.29) is 22.0 Å². The van der Waals surface area contributed by atoms with Crippen LogP contribution in [0.25, 0.3) is 52.2 Å². The number of benzene rings is 4. The van der Waals surface area contributed by atoms with Crippen LogP contribution in [0.3, 0.4) is 0 Å². The van der Waals surface area contributed by atoms with Crippen LogP contribution in [0.1, 0.15) is 59.3 Å². The molecule has 4 aromatic carbocycles. The van der Waals surface area contributed by atoms with Gasteiger partial charge >= 0.3 is 129 Å². The first-order valence-electron chi connectivity index (χ1n) is 27.9. The van der Waals surface area contributed by atoms with E-state index in [0.717, 1.165) is 66.9 Å². The molecule has 4 N–H and O–H groups in total. The number of aromatic nitrogens is 3. The fraction of sp³-hybridized carbons (Fsp3) is 0.197. The summed E-state index contributed by atoms with van der Waals surface area (Å²) in [5.74, 6) is 0. The predicted molar refractivity (Wildman–Crippen MR) is 411 cm³/mol. The Bertz CT molecular complexity index is 4090. The number of unbranched alkanes of at least 4 members (excludes halogenated alkanes) is 3. The number of nitrogens with two attached hydrogens (primary N) is 1. The van der Waals surface area contributed by atoms with E-state index in [1.165, 1.54) is 108 Å². The predicted octanol–water partition coefficient (Wildman–Crippen LogP) is 22.9. The topological polar surface area (TPSA) is 235 Å². The number of hydrogen-bond donors (Lipinski definition) is 3. The Hall–Kier alpha value is -3.80. The molecule has 0 aliphatic rings. The molecule has 482 valence electrons. The zero-order chi connectivity index (χ0) is 66.9. The Labute approximate surface area is 616 Å². The zero-order valence-electron chi connectivity index (χ0n) is 49.1. The number of hydrogen-bond acceptors (Lipinski definition) is 19. The Balaban J connectivity index is 0.000000178. The summed E-state index contributed by atoms with van der Waals surface area (Å²) in [6.07, 6.45) is 13.9. The first-order chi connectivity index (χ1) is 44.1. The quantitative estimate of drug-likeness (QED) is 0.0225. The molecule has 92 heavy (non-hydrogen) atoms. The molecule has 11 aromatic rings. The maximum Gasteiger partial charge on any atom is 0.499 e. The minimum Gasteiger partial charge on any atom is -0.423 e. The van der Waals surface area contributed by atoms with Gasteiger partial charge in [0.25, 0.3) is 17.1 Å². The molecule has 0 saturated heterocycles. The van der Waals surface area contributed by atoms with Crippen LogP contribution in [0.4, 0.5) is 22.7 Å². The van der Waals surface area contributed by atoms with Gasteiger partial charge in [0.1, 0.15) is 0 Å². The molecule has 0 saturated carbocycles. The first-order valence-corrected chi connectivity index (χ1v) is 45.1. The minimum atomic E-state index is -2.08. The molecule has 0 fully saturated rings. The van der Waals surface area contributed by atoms with Crippen LogP contribution in [-0.2, 0) is 0 Å². The van der Waals surface area contributed by atoms with Crippen LogP contribution < -0.4 is 13.4 Å². The van der Waals surface area contributed by atoms with E-state index in [1.807, 2.05) is 82.8 Å². The Morgan fingerprint density at radius 1 is 0.500 bits per heavy atom. The fourth-order valence-electron chi connectivity index (χ4n) is 8.83. The Kier molecular flexibility index (Phi) is 33.1. The van der Waals surface area contributed by atoms with E-state index in [4.69, 9.17) is 62.2 Å². The summed E-state index contributed by atoms with van der Waals surface area (Å²) in [5, 5.41) is 49.6. The molecule has 0 aliphatic heterocycles. The number of nitrogens with zero attached hydrogens (tertiary/aromatic N) is 6. The first kappa shape index (κ1) is 77.2. The molecule has 0 unspecified atom stereocenters. The van der Waals surface area contributed by atoms with Crippen molar-refractivity contribution in [1.82, 2.24) is 13.1 Å². The molecule has 0 aliphatic carbocycles. The SMILES string of the molecule is CCC[CH2][Sn]([CH2]CCC)([CH2]CCC)[c]1ccns1.Nc1cc(-c2ccns2)ccc1-c1ccc(Cl)s1.O=[N+]([O-])c1cc(-c2ccns2)ccc1-c1ccc(Cl)s1.O=[N+]([O-])c1cc(Br)ccc1-c1ccc(Cl)s1.O=[N+]([O-])c1cc(Br)ccc1I.OB(O)c1ccc(Cl)s1. The summed E-state index contributed by atoms with van der Waals surface area (Å²) in [6, 6.07) is 41.5. The minimum absolute atomic E-state index is 0.0768. The van der Waals surface area contributed by atoms with Gasteiger partial charge in [-0.1, -0.05) is 103 Å². The van der Waals surface area contributed by atoms with Gasteiger partial charge in [-0.2, -0.15) is 0 Å². The van der Waals surface area contributed by atoms with Crippen LogP contribution in [0.5, 0.6) is 0 Å². The van der Waals surface area contributed by atoms with Gasteiger partial charge in [0.05, 0.1) is 56.6 Å². The van der Waals surface area contributed by atoms with Crippen molar-refractivity contribution in [2.24, 2.45) is 0 Å². The van der Waals surface area contributed by atoms with Crippen molar-refractivity contribution in [2.45, 2.75) is 72.6 Å². The maximum atomic E-state index is 11.3. The van der Waals surface area contributed by atoms with E-state index in [0.29, 0.717) is 37.0 Å². The van der Waals surface area contributed by atoms with Gasteiger partial charge in [0.15, 0.2) is 0 Å². The molecule has 7 heterocycles. The van der Waals surface area contributed by atoms with Gasteiger partial charge in [-0.3, -0.25) is 30.3 Å². The standard InChI is InChI=1S/C13H7ClN2O2S2.C13H9ClN2S2.C10H5BrClNO2S.C6H3BrINO2.C4H4BClO2S.3C4H9.C3H2NS.Sn/c14-13-4-3-12(19-13)9-2-1-8(7-10(9)16(17)18)11-5-6-15-20-11;14-13-4-3-12(17-13)9-2-1-8(7-10(9)15)11-5-6-16-18-11;11-6-1-2-7(8(5-6)13(14)15)9-3-4-10(12)16-9;7-4-1-2-5(8)6(3-4)9(10)11;6-4-2-1-3(9-4)5(7)8;3*1-3-4-2;1-2-4-5-3-1;/h1-7H;1-7H,15H2;1-5H;1-3H;1-2,7-8H;3*1,3-4H2,2H3;1-2H;. The van der Waals surface area contributed by atoms with Gasteiger partial charge in [0, 0.05) is 75.8 Å². The molecule has 0 atom stereocenters. The third-order valence-corrected chi connectivity index (χ3v) is 40.8. The largest absolute Gasteiger partial charge is 0.499 e. The number of nitrogen functional groups attached to an aromatic ring is 1. The van der Waals surface area contributed by atoms with Crippen LogP contribution >= 0.6 is 181 Å². The monoisotopic (exact) mass is 1790 g/mol. The van der Waals surface area contributed by atoms with Crippen LogP contribution in [0, 0.1) is 33.9 Å². The van der Waals surface area contributed by atoms with Crippen LogP contribution in [0.15, 0.2) is 167 Å². The summed E-state index contributed by atoms with van der Waals surface area (Å²) in [6.45, 7) is 7.01. The maximum absolute atomic E-state index is 11.3. The van der Waals surface area contributed by atoms with Crippen LogP contribution in [0.2, 0.25) is 30.7 Å². The summed E-state index contributed by atoms with van der Waals surface area (Å²) in [4.78, 5) is 36.1. The molecular weight excluding hydrogens is 1740 g/mol. The number of halogens is 7. The van der Waals surface area contributed by atoms with Crippen molar-refractivity contribution in [3.05, 3.63) is 218 Å². The average Bonchev–Trinajstić information content (AvgIpc) is 1.55. The van der Waals surface area contributed by atoms with E-state index in [9.17, 15) is 30.3 Å². The van der Waals surface area contributed by atoms with Crippen molar-refractivity contribution >= 4 is 237 Å². The van der Waals surface area contributed by atoms with Crippen LogP contribution in [-0.4, -0.2) is 63.4 Å². The second-order valence-electron chi connectivity index (χ2n) is 19.6. The summed E-state index contributed by atoms with van der Waals surface area (Å²) in [5.41, 5.74) is 11.3. The van der Waals surface area contributed by atoms with Gasteiger partial charge in [0.2, 0.25) is 0 Å². The van der Waals surface area contributed by atoms with Gasteiger partial charge < -0.3 is 15.8 Å². The van der Waals surface area contributed by atoms with E-state index >= 15 is 0 Å². The van der Waals surface area contributed by atoms with Crippen molar-refractivity contribution in [2.75, 3.05) is 5.73 Å². The number of nitro benzene ring substituents is 3. The Morgan fingerprint density at radius 2 is 0.902 bits per heavy atom. The Morgan fingerprint density at radius 3 is 1.27 bits per heavy atom. The number of thiophene rings is 4. The molecule has 7 aromatic heterocycles. The molecule has 0 radical (unpaired) electrons.